The molecule has 12 nitrogen and oxygen atoms in total. The number of para-hydroxylation sites is 1. The van der Waals surface area contributed by atoms with E-state index in [4.69, 9.17) is 9.84 Å². The number of ketones is 1. The minimum atomic E-state index is -1.24. The van der Waals surface area contributed by atoms with Crippen LogP contribution in [0.1, 0.15) is 79.2 Å². The number of urea groups is 1. The third-order valence-corrected chi connectivity index (χ3v) is 7.92. The van der Waals surface area contributed by atoms with E-state index >= 15 is 0 Å². The topological polar surface area (TPSA) is 149 Å². The molecule has 0 aromatic heterocycles. The van der Waals surface area contributed by atoms with Crippen molar-refractivity contribution in [3.8, 4) is 0 Å². The zero-order valence-electron chi connectivity index (χ0n) is 28.0. The Balaban J connectivity index is 1.64. The van der Waals surface area contributed by atoms with Gasteiger partial charge in [0.05, 0.1) is 17.9 Å². The third kappa shape index (κ3) is 9.17. The van der Waals surface area contributed by atoms with Crippen LogP contribution in [0.15, 0.2) is 53.6 Å². The number of carbonyl (C=O) groups excluding carboxylic acids is 4. The molecule has 4 amide bonds. The number of rotatable bonds is 9. The van der Waals surface area contributed by atoms with Gasteiger partial charge in [-0.3, -0.25) is 24.2 Å². The molecular formula is C35H45N5O7. The number of carboxylic acid groups (broad SMARTS) is 1. The molecule has 1 saturated carbocycles. The van der Waals surface area contributed by atoms with E-state index in [-0.39, 0.29) is 29.6 Å². The van der Waals surface area contributed by atoms with Gasteiger partial charge in [-0.05, 0) is 57.9 Å². The second-order valence-electron chi connectivity index (χ2n) is 14.0. The zero-order chi connectivity index (χ0) is 34.5. The molecule has 0 radical (unpaired) electrons. The molecule has 252 valence electrons. The second-order valence-corrected chi connectivity index (χ2v) is 14.0. The van der Waals surface area contributed by atoms with E-state index in [1.165, 1.54) is 17.0 Å². The monoisotopic (exact) mass is 647 g/mol. The zero-order valence-corrected chi connectivity index (χ0v) is 28.0. The number of hydrazone groups is 1. The SMILES string of the molecule is CC(C)(C)OC(=O)N(CC(=O)O)c1cccc(NC(=O)CN2N=C(C3CCCCC3)c3ccccc3N(CC(=O)C(C)(C)C)C2=O)c1. The molecule has 2 aromatic carbocycles. The molecule has 1 aliphatic heterocycles. The minimum absolute atomic E-state index is 0.0892. The van der Waals surface area contributed by atoms with Crippen molar-refractivity contribution in [3.05, 3.63) is 54.1 Å². The lowest BCUT2D eigenvalue weighted by atomic mass is 9.83. The second kappa shape index (κ2) is 14.4. The molecule has 0 atom stereocenters. The fourth-order valence-corrected chi connectivity index (χ4v) is 5.51. The van der Waals surface area contributed by atoms with E-state index in [2.05, 4.69) is 5.32 Å². The summed E-state index contributed by atoms with van der Waals surface area (Å²) in [5.41, 5.74) is 0.979. The molecule has 47 heavy (non-hydrogen) atoms. The van der Waals surface area contributed by atoms with Gasteiger partial charge < -0.3 is 15.2 Å². The summed E-state index contributed by atoms with van der Waals surface area (Å²) in [6.45, 7) is 9.13. The summed E-state index contributed by atoms with van der Waals surface area (Å²) in [6.07, 6.45) is 4.14. The number of hydrogen-bond acceptors (Lipinski definition) is 7. The lowest BCUT2D eigenvalue weighted by Gasteiger charge is -2.28. The Kier molecular flexibility index (Phi) is 10.7. The average molecular weight is 648 g/mol. The van der Waals surface area contributed by atoms with Crippen LogP contribution in [0.5, 0.6) is 0 Å². The molecule has 0 bridgehead atoms. The van der Waals surface area contributed by atoms with Crippen LogP contribution in [-0.2, 0) is 19.1 Å². The highest BCUT2D eigenvalue weighted by Gasteiger charge is 2.36. The fourth-order valence-electron chi connectivity index (χ4n) is 5.51. The van der Waals surface area contributed by atoms with Gasteiger partial charge in [-0.2, -0.15) is 5.10 Å². The summed E-state index contributed by atoms with van der Waals surface area (Å²) < 4.78 is 5.39. The van der Waals surface area contributed by atoms with Gasteiger partial charge >= 0.3 is 18.1 Å². The van der Waals surface area contributed by atoms with Crippen LogP contribution >= 0.6 is 0 Å². The lowest BCUT2D eigenvalue weighted by Crippen LogP contribution is -2.47. The van der Waals surface area contributed by atoms with Gasteiger partial charge in [0.15, 0.2) is 5.78 Å². The summed E-state index contributed by atoms with van der Waals surface area (Å²) in [5, 5.41) is 18.1. The maximum absolute atomic E-state index is 14.1. The van der Waals surface area contributed by atoms with Gasteiger partial charge in [-0.25, -0.2) is 14.6 Å². The first-order chi connectivity index (χ1) is 22.0. The van der Waals surface area contributed by atoms with Crippen LogP contribution in [0.2, 0.25) is 0 Å². The van der Waals surface area contributed by atoms with Crippen molar-refractivity contribution in [1.82, 2.24) is 5.01 Å². The van der Waals surface area contributed by atoms with Gasteiger partial charge in [0.1, 0.15) is 18.7 Å². The minimum Gasteiger partial charge on any atom is -0.480 e. The molecule has 0 saturated heterocycles. The molecule has 0 unspecified atom stereocenters. The van der Waals surface area contributed by atoms with E-state index < -0.39 is 48.1 Å². The number of anilines is 3. The smallest absolute Gasteiger partial charge is 0.415 e. The maximum Gasteiger partial charge on any atom is 0.415 e. The van der Waals surface area contributed by atoms with Crippen molar-refractivity contribution in [1.29, 1.82) is 0 Å². The molecule has 1 fully saturated rings. The highest BCUT2D eigenvalue weighted by atomic mass is 16.6. The standard InChI is InChI=1S/C35H45N5O7/c1-34(2,3)28(41)20-39-27-18-11-10-17-26(27)31(23-13-8-7-9-14-23)37-40(32(39)45)21-29(42)36-24-15-12-16-25(19-24)38(22-30(43)44)33(46)47-35(4,5)6/h10-12,15-19,23H,7-9,13-14,20-22H2,1-6H3,(H,36,42)(H,43,44). The van der Waals surface area contributed by atoms with Gasteiger partial charge in [0.2, 0.25) is 5.91 Å². The van der Waals surface area contributed by atoms with Crippen molar-refractivity contribution >= 4 is 52.6 Å². The largest absolute Gasteiger partial charge is 0.480 e. The first-order valence-electron chi connectivity index (χ1n) is 16.0. The predicted molar refractivity (Wildman–Crippen MR) is 180 cm³/mol. The molecular weight excluding hydrogens is 602 g/mol. The Hall–Kier alpha value is -4.74. The predicted octanol–water partition coefficient (Wildman–Crippen LogP) is 6.29. The van der Waals surface area contributed by atoms with E-state index in [1.807, 2.05) is 24.3 Å². The highest BCUT2D eigenvalue weighted by molar-refractivity contribution is 6.13. The summed E-state index contributed by atoms with van der Waals surface area (Å²) in [4.78, 5) is 67.6. The molecule has 12 heteroatoms. The van der Waals surface area contributed by atoms with Crippen LogP contribution < -0.4 is 15.1 Å². The number of ether oxygens (including phenoxy) is 1. The summed E-state index contributed by atoms with van der Waals surface area (Å²) in [7, 11) is 0. The lowest BCUT2D eigenvalue weighted by molar-refractivity contribution is -0.135. The Bertz CT molecular complexity index is 1550. The molecule has 2 aliphatic rings. The van der Waals surface area contributed by atoms with Crippen molar-refractivity contribution in [2.45, 2.75) is 79.2 Å². The summed E-state index contributed by atoms with van der Waals surface area (Å²) in [5.74, 6) is -1.87. The van der Waals surface area contributed by atoms with Crippen LogP contribution in [0.25, 0.3) is 0 Å². The number of fused-ring (bicyclic) bond motifs is 1. The number of hydrogen-bond donors (Lipinski definition) is 2. The van der Waals surface area contributed by atoms with Crippen LogP contribution in [0.4, 0.5) is 26.7 Å². The highest BCUT2D eigenvalue weighted by Crippen LogP contribution is 2.34. The van der Waals surface area contributed by atoms with Crippen LogP contribution in [0, 0.1) is 11.3 Å². The fraction of sp³-hybridized carbons (Fsp3) is 0.486. The van der Waals surface area contributed by atoms with Gasteiger partial charge in [-0.15, -0.1) is 0 Å². The van der Waals surface area contributed by atoms with Gasteiger partial charge in [0.25, 0.3) is 0 Å². The average Bonchev–Trinajstić information content (AvgIpc) is 3.09. The van der Waals surface area contributed by atoms with E-state index in [0.717, 1.165) is 53.3 Å². The molecule has 2 N–H and O–H groups in total. The Morgan fingerprint density at radius 3 is 2.28 bits per heavy atom. The first kappa shape index (κ1) is 35.1. The number of carbonyl (C=O) groups is 5. The Labute approximate surface area is 275 Å². The van der Waals surface area contributed by atoms with Crippen LogP contribution in [-0.4, -0.2) is 70.8 Å². The number of nitrogens with one attached hydrogen (secondary N) is 1. The number of carboxylic acids is 1. The summed E-state index contributed by atoms with van der Waals surface area (Å²) >= 11 is 0. The molecule has 4 rings (SSSR count). The van der Waals surface area contributed by atoms with E-state index in [0.29, 0.717) is 5.69 Å². The maximum atomic E-state index is 14.1. The molecule has 1 aliphatic carbocycles. The molecule has 0 spiro atoms. The van der Waals surface area contributed by atoms with Crippen molar-refractivity contribution < 1.29 is 33.8 Å². The van der Waals surface area contributed by atoms with Crippen molar-refractivity contribution in [3.63, 3.8) is 0 Å². The number of amides is 4. The van der Waals surface area contributed by atoms with E-state index in [1.54, 1.807) is 53.7 Å². The summed E-state index contributed by atoms with van der Waals surface area (Å²) in [6, 6.07) is 13.0. The van der Waals surface area contributed by atoms with Gasteiger partial charge in [0, 0.05) is 28.3 Å². The quantitative estimate of drug-likeness (QED) is 0.325. The van der Waals surface area contributed by atoms with E-state index in [9.17, 15) is 29.1 Å². The number of Topliss-reactive ketones (excluding diaryl/α,β-unsaturated/α-hetero) is 1. The van der Waals surface area contributed by atoms with Crippen LogP contribution in [0.3, 0.4) is 0 Å². The Morgan fingerprint density at radius 1 is 0.957 bits per heavy atom. The van der Waals surface area contributed by atoms with Crippen molar-refractivity contribution in [2.24, 2.45) is 16.4 Å². The van der Waals surface area contributed by atoms with Crippen molar-refractivity contribution in [2.75, 3.05) is 34.8 Å². The molecule has 1 heterocycles. The third-order valence-electron chi connectivity index (χ3n) is 7.92. The normalized spacial score (nSPS) is 15.7. The number of benzene rings is 2. The first-order valence-corrected chi connectivity index (χ1v) is 16.0. The number of nitrogens with zero attached hydrogens (tertiary/aromatic N) is 4. The Morgan fingerprint density at radius 2 is 1.64 bits per heavy atom. The molecule has 2 aromatic rings. The van der Waals surface area contributed by atoms with Gasteiger partial charge in [-0.1, -0.05) is 64.3 Å². The number of aliphatic carboxylic acids is 1.